The van der Waals surface area contributed by atoms with Gasteiger partial charge in [-0.25, -0.2) is 0 Å². The van der Waals surface area contributed by atoms with E-state index in [0.717, 1.165) is 43.4 Å². The van der Waals surface area contributed by atoms with Crippen molar-refractivity contribution in [3.05, 3.63) is 0 Å². The average Bonchev–Trinajstić information content (AvgIpc) is 2.54. The zero-order chi connectivity index (χ0) is 21.7. The van der Waals surface area contributed by atoms with Gasteiger partial charge in [-0.15, -0.1) is 0 Å². The first-order valence-corrected chi connectivity index (χ1v) is 11.6. The summed E-state index contributed by atoms with van der Waals surface area (Å²) in [7, 11) is 0. The molecule has 4 aliphatic rings. The Labute approximate surface area is 177 Å². The lowest BCUT2D eigenvalue weighted by Gasteiger charge is -2.55. The Morgan fingerprint density at radius 2 is 1.24 bits per heavy atom. The predicted molar refractivity (Wildman–Crippen MR) is 114 cm³/mol. The normalized spacial score (nSPS) is 33.3. The Bertz CT molecular complexity index is 601. The second-order valence-corrected chi connectivity index (χ2v) is 12.8. The van der Waals surface area contributed by atoms with E-state index < -0.39 is 5.41 Å². The summed E-state index contributed by atoms with van der Waals surface area (Å²) >= 11 is 0. The highest BCUT2D eigenvalue weighted by Gasteiger charge is 2.55. The first-order valence-electron chi connectivity index (χ1n) is 11.6. The smallest absolute Gasteiger partial charge is 0.312 e. The summed E-state index contributed by atoms with van der Waals surface area (Å²) in [6, 6.07) is 0. The van der Waals surface area contributed by atoms with E-state index in [2.05, 4.69) is 41.5 Å². The first kappa shape index (κ1) is 22.6. The molecule has 4 bridgehead atoms. The van der Waals surface area contributed by atoms with Gasteiger partial charge in [-0.3, -0.25) is 9.59 Å². The highest BCUT2D eigenvalue weighted by Crippen LogP contribution is 2.60. The molecule has 4 rings (SSSR count). The summed E-state index contributed by atoms with van der Waals surface area (Å²) in [5, 5.41) is 0. The maximum atomic E-state index is 13.0. The van der Waals surface area contributed by atoms with Gasteiger partial charge in [0.25, 0.3) is 0 Å². The van der Waals surface area contributed by atoms with Gasteiger partial charge in [-0.05, 0) is 80.5 Å². The number of rotatable bonds is 6. The van der Waals surface area contributed by atoms with Gasteiger partial charge in [0.1, 0.15) is 13.2 Å². The molecule has 0 aromatic rings. The van der Waals surface area contributed by atoms with E-state index in [1.165, 1.54) is 19.3 Å². The quantitative estimate of drug-likeness (QED) is 0.414. The molecule has 4 heteroatoms. The van der Waals surface area contributed by atoms with E-state index in [-0.39, 0.29) is 41.4 Å². The molecule has 1 unspecified atom stereocenters. The fourth-order valence-corrected chi connectivity index (χ4v) is 6.65. The van der Waals surface area contributed by atoms with E-state index in [9.17, 15) is 9.59 Å². The summed E-state index contributed by atoms with van der Waals surface area (Å²) < 4.78 is 11.3. The fraction of sp³-hybridized carbons (Fsp3) is 0.920. The van der Waals surface area contributed by atoms with Gasteiger partial charge in [0.05, 0.1) is 10.8 Å². The lowest BCUT2D eigenvalue weighted by Crippen LogP contribution is -2.50. The zero-order valence-electron chi connectivity index (χ0n) is 19.7. The van der Waals surface area contributed by atoms with Crippen molar-refractivity contribution in [1.82, 2.24) is 0 Å². The molecule has 4 aliphatic carbocycles. The molecule has 0 heterocycles. The Hall–Kier alpha value is -1.06. The topological polar surface area (TPSA) is 52.6 Å². The van der Waals surface area contributed by atoms with Crippen LogP contribution >= 0.6 is 0 Å². The van der Waals surface area contributed by atoms with E-state index >= 15 is 0 Å². The fourth-order valence-electron chi connectivity index (χ4n) is 6.65. The predicted octanol–water partition coefficient (Wildman–Crippen LogP) is 5.78. The maximum absolute atomic E-state index is 13.0. The molecule has 0 radical (unpaired) electrons. The van der Waals surface area contributed by atoms with Crippen LogP contribution in [0.5, 0.6) is 0 Å². The summed E-state index contributed by atoms with van der Waals surface area (Å²) in [5.41, 5.74) is -1.03. The first-order chi connectivity index (χ1) is 13.2. The molecule has 1 atom stereocenters. The molecule has 29 heavy (non-hydrogen) atoms. The summed E-state index contributed by atoms with van der Waals surface area (Å²) in [4.78, 5) is 25.9. The van der Waals surface area contributed by atoms with Gasteiger partial charge < -0.3 is 9.47 Å². The van der Waals surface area contributed by atoms with Crippen LogP contribution in [-0.2, 0) is 19.1 Å². The third-order valence-corrected chi connectivity index (χ3v) is 8.01. The van der Waals surface area contributed by atoms with Crippen LogP contribution in [0.15, 0.2) is 0 Å². The minimum Gasteiger partial charge on any atom is -0.462 e. The lowest BCUT2D eigenvalue weighted by atomic mass is 9.49. The van der Waals surface area contributed by atoms with Gasteiger partial charge in [0.2, 0.25) is 0 Å². The molecule has 0 aliphatic heterocycles. The summed E-state index contributed by atoms with van der Waals surface area (Å²) in [5.74, 6) is 1.93. The largest absolute Gasteiger partial charge is 0.462 e. The minimum atomic E-state index is -0.588. The lowest BCUT2D eigenvalue weighted by molar-refractivity contribution is -0.177. The van der Waals surface area contributed by atoms with E-state index in [1.807, 2.05) is 6.92 Å². The van der Waals surface area contributed by atoms with Crippen molar-refractivity contribution in [2.45, 2.75) is 93.4 Å². The van der Waals surface area contributed by atoms with Crippen molar-refractivity contribution >= 4 is 11.9 Å². The Morgan fingerprint density at radius 3 is 1.66 bits per heavy atom. The van der Waals surface area contributed by atoms with Gasteiger partial charge >= 0.3 is 11.9 Å². The van der Waals surface area contributed by atoms with Crippen LogP contribution < -0.4 is 0 Å². The maximum Gasteiger partial charge on any atom is 0.312 e. The summed E-state index contributed by atoms with van der Waals surface area (Å²) in [6.45, 7) is 15.0. The van der Waals surface area contributed by atoms with E-state index in [0.29, 0.717) is 0 Å². The molecule has 4 saturated carbocycles. The standard InChI is InChI=1S/C25H42O4/c1-22(2,3)16-24(7,23(4,5)6)20(26)28-8-9-29-21(27)25-13-17-10-18(14-25)12-19(11-17)15-25/h17-19H,8-16H2,1-7H3. The van der Waals surface area contributed by atoms with Crippen LogP contribution in [0.1, 0.15) is 93.4 Å². The van der Waals surface area contributed by atoms with E-state index in [4.69, 9.17) is 9.47 Å². The van der Waals surface area contributed by atoms with Gasteiger partial charge in [0.15, 0.2) is 0 Å². The molecule has 4 nitrogen and oxygen atoms in total. The molecule has 0 saturated heterocycles. The highest BCUT2D eigenvalue weighted by molar-refractivity contribution is 5.78. The average molecular weight is 407 g/mol. The molecule has 0 aromatic carbocycles. The highest BCUT2D eigenvalue weighted by atomic mass is 16.6. The Morgan fingerprint density at radius 1 is 0.793 bits per heavy atom. The number of hydrogen-bond acceptors (Lipinski definition) is 4. The van der Waals surface area contributed by atoms with Crippen LogP contribution in [0.3, 0.4) is 0 Å². The summed E-state index contributed by atoms with van der Waals surface area (Å²) in [6.07, 6.45) is 7.69. The monoisotopic (exact) mass is 406 g/mol. The molecule has 166 valence electrons. The van der Waals surface area contributed by atoms with Crippen LogP contribution in [-0.4, -0.2) is 25.2 Å². The minimum absolute atomic E-state index is 0.0199. The van der Waals surface area contributed by atoms with Crippen molar-refractivity contribution in [3.63, 3.8) is 0 Å². The number of ether oxygens (including phenoxy) is 2. The van der Waals surface area contributed by atoms with Gasteiger partial charge in [-0.2, -0.15) is 0 Å². The van der Waals surface area contributed by atoms with Crippen molar-refractivity contribution in [3.8, 4) is 0 Å². The van der Waals surface area contributed by atoms with Crippen molar-refractivity contribution in [2.24, 2.45) is 39.4 Å². The Kier molecular flexibility index (Phi) is 5.90. The second kappa shape index (κ2) is 7.57. The van der Waals surface area contributed by atoms with Crippen LogP contribution in [0.2, 0.25) is 0 Å². The van der Waals surface area contributed by atoms with Gasteiger partial charge in [0, 0.05) is 0 Å². The number of carbonyl (C=O) groups is 2. The third kappa shape index (κ3) is 4.66. The number of carbonyl (C=O) groups excluding carboxylic acids is 2. The molecule has 4 fully saturated rings. The SMILES string of the molecule is CC(C)(C)CC(C)(C(=O)OCCOC(=O)C12CC3CC(CC(C3)C1)C2)C(C)(C)C. The van der Waals surface area contributed by atoms with Gasteiger partial charge in [-0.1, -0.05) is 41.5 Å². The molecular weight excluding hydrogens is 364 g/mol. The van der Waals surface area contributed by atoms with E-state index in [1.54, 1.807) is 0 Å². The van der Waals surface area contributed by atoms with Crippen molar-refractivity contribution in [1.29, 1.82) is 0 Å². The van der Waals surface area contributed by atoms with Crippen LogP contribution in [0.4, 0.5) is 0 Å². The number of esters is 2. The molecule has 0 aromatic heterocycles. The van der Waals surface area contributed by atoms with Crippen molar-refractivity contribution < 1.29 is 19.1 Å². The zero-order valence-corrected chi connectivity index (χ0v) is 19.7. The van der Waals surface area contributed by atoms with Crippen LogP contribution in [0, 0.1) is 39.4 Å². The number of hydrogen-bond donors (Lipinski definition) is 0. The van der Waals surface area contributed by atoms with Crippen LogP contribution in [0.25, 0.3) is 0 Å². The van der Waals surface area contributed by atoms with Crippen molar-refractivity contribution in [2.75, 3.05) is 13.2 Å². The molecular formula is C25H42O4. The Balaban J connectivity index is 1.52. The second-order valence-electron chi connectivity index (χ2n) is 12.8. The molecule has 0 spiro atoms. The third-order valence-electron chi connectivity index (χ3n) is 8.01. The molecule has 0 amide bonds. The molecule has 0 N–H and O–H groups in total.